The molecule has 6 rings (SSSR count). The van der Waals surface area contributed by atoms with Crippen molar-refractivity contribution in [1.82, 2.24) is 14.4 Å². The van der Waals surface area contributed by atoms with Crippen LogP contribution in [0.1, 0.15) is 0 Å². The number of rotatable bonds is 0. The molecule has 0 aliphatic heterocycles. The van der Waals surface area contributed by atoms with E-state index in [-0.39, 0.29) is 0 Å². The van der Waals surface area contributed by atoms with Crippen molar-refractivity contribution in [3.8, 4) is 0 Å². The molecular formula is C20H11N3O. The van der Waals surface area contributed by atoms with E-state index in [0.29, 0.717) is 0 Å². The van der Waals surface area contributed by atoms with Crippen molar-refractivity contribution in [3.05, 3.63) is 67.1 Å². The fourth-order valence-electron chi connectivity index (χ4n) is 3.65. The van der Waals surface area contributed by atoms with Gasteiger partial charge in [0.2, 0.25) is 0 Å². The van der Waals surface area contributed by atoms with Gasteiger partial charge >= 0.3 is 0 Å². The molecule has 24 heavy (non-hydrogen) atoms. The molecule has 0 atom stereocenters. The number of para-hydroxylation sites is 1. The number of furan rings is 1. The van der Waals surface area contributed by atoms with E-state index in [1.54, 1.807) is 0 Å². The lowest BCUT2D eigenvalue weighted by molar-refractivity contribution is 0.669. The van der Waals surface area contributed by atoms with Gasteiger partial charge < -0.3 is 4.42 Å². The van der Waals surface area contributed by atoms with Crippen LogP contribution in [0, 0.1) is 0 Å². The highest BCUT2D eigenvalue weighted by Gasteiger charge is 2.14. The molecule has 112 valence electrons. The molecule has 2 aromatic carbocycles. The number of aromatic nitrogens is 3. The molecule has 4 heteroatoms. The van der Waals surface area contributed by atoms with Crippen LogP contribution in [-0.4, -0.2) is 14.4 Å². The van der Waals surface area contributed by atoms with Crippen molar-refractivity contribution in [1.29, 1.82) is 0 Å². The number of pyridine rings is 2. The summed E-state index contributed by atoms with van der Waals surface area (Å²) in [6.45, 7) is 0. The van der Waals surface area contributed by atoms with Crippen LogP contribution in [0.15, 0.2) is 71.5 Å². The van der Waals surface area contributed by atoms with Gasteiger partial charge in [0, 0.05) is 46.2 Å². The lowest BCUT2D eigenvalue weighted by Crippen LogP contribution is -1.92. The van der Waals surface area contributed by atoms with Crippen molar-refractivity contribution in [2.24, 2.45) is 0 Å². The lowest BCUT2D eigenvalue weighted by atomic mass is 10.1. The van der Waals surface area contributed by atoms with Crippen LogP contribution in [0.3, 0.4) is 0 Å². The summed E-state index contributed by atoms with van der Waals surface area (Å²) in [6, 6.07) is 16.5. The summed E-state index contributed by atoms with van der Waals surface area (Å²) < 4.78 is 8.13. The van der Waals surface area contributed by atoms with E-state index in [2.05, 4.69) is 38.6 Å². The lowest BCUT2D eigenvalue weighted by Gasteiger charge is -2.07. The number of hydrogen-bond donors (Lipinski definition) is 0. The van der Waals surface area contributed by atoms with Crippen LogP contribution in [0.5, 0.6) is 0 Å². The molecule has 4 heterocycles. The van der Waals surface area contributed by atoms with E-state index >= 15 is 0 Å². The predicted octanol–water partition coefficient (Wildman–Crippen LogP) is 4.94. The van der Waals surface area contributed by atoms with Crippen LogP contribution in [-0.2, 0) is 0 Å². The highest BCUT2D eigenvalue weighted by Crippen LogP contribution is 2.35. The largest absolute Gasteiger partial charge is 0.456 e. The van der Waals surface area contributed by atoms with Crippen LogP contribution in [0.25, 0.3) is 49.4 Å². The van der Waals surface area contributed by atoms with Gasteiger partial charge in [-0.1, -0.05) is 24.3 Å². The maximum atomic E-state index is 6.05. The minimum Gasteiger partial charge on any atom is -0.456 e. The topological polar surface area (TPSA) is 43.3 Å². The summed E-state index contributed by atoms with van der Waals surface area (Å²) in [7, 11) is 0. The van der Waals surface area contributed by atoms with Gasteiger partial charge in [-0.3, -0.25) is 9.38 Å². The van der Waals surface area contributed by atoms with Gasteiger partial charge in [0.25, 0.3) is 0 Å². The first-order valence-electron chi connectivity index (χ1n) is 7.85. The summed E-state index contributed by atoms with van der Waals surface area (Å²) in [6.07, 6.45) is 5.60. The molecule has 0 amide bonds. The van der Waals surface area contributed by atoms with Gasteiger partial charge in [-0.15, -0.1) is 0 Å². The standard InChI is InChI=1S/C20H11N3O/c1-2-6-17-12(4-1)15-10-14-13-5-3-7-21-19(13)20-22-8-9-23(20)16(14)11-18(15)24-17/h1-11H. The second kappa shape index (κ2) is 4.11. The zero-order valence-electron chi connectivity index (χ0n) is 12.6. The Kier molecular flexibility index (Phi) is 2.07. The van der Waals surface area contributed by atoms with Crippen molar-refractivity contribution < 1.29 is 4.42 Å². The third kappa shape index (κ3) is 1.38. The Morgan fingerprint density at radius 2 is 1.67 bits per heavy atom. The number of imidazole rings is 1. The molecule has 6 aromatic rings. The van der Waals surface area contributed by atoms with Crippen LogP contribution < -0.4 is 0 Å². The normalized spacial score (nSPS) is 12.2. The Morgan fingerprint density at radius 3 is 2.67 bits per heavy atom. The molecular weight excluding hydrogens is 298 g/mol. The van der Waals surface area contributed by atoms with Gasteiger partial charge in [0.05, 0.1) is 5.52 Å². The number of nitrogens with zero attached hydrogens (tertiary/aromatic N) is 3. The summed E-state index contributed by atoms with van der Waals surface area (Å²) in [4.78, 5) is 9.04. The van der Waals surface area contributed by atoms with Gasteiger partial charge in [-0.25, -0.2) is 4.98 Å². The number of benzene rings is 2. The fourth-order valence-corrected chi connectivity index (χ4v) is 3.65. The first-order valence-corrected chi connectivity index (χ1v) is 7.85. The zero-order chi connectivity index (χ0) is 15.7. The van der Waals surface area contributed by atoms with Gasteiger partial charge in [-0.05, 0) is 18.2 Å². The molecule has 0 spiro atoms. The first-order chi connectivity index (χ1) is 11.9. The van der Waals surface area contributed by atoms with E-state index in [9.17, 15) is 0 Å². The quantitative estimate of drug-likeness (QED) is 0.373. The summed E-state index contributed by atoms with van der Waals surface area (Å²) in [5.41, 5.74) is 4.67. The van der Waals surface area contributed by atoms with Gasteiger partial charge in [-0.2, -0.15) is 0 Å². The second-order valence-corrected chi connectivity index (χ2v) is 5.98. The smallest absolute Gasteiger partial charge is 0.163 e. The molecule has 0 saturated heterocycles. The molecule has 0 unspecified atom stereocenters. The molecule has 0 saturated carbocycles. The Hall–Kier alpha value is -3.40. The third-order valence-corrected chi connectivity index (χ3v) is 4.71. The van der Waals surface area contributed by atoms with E-state index in [1.807, 2.05) is 42.9 Å². The minimum atomic E-state index is 0.869. The minimum absolute atomic E-state index is 0.869. The average molecular weight is 309 g/mol. The molecule has 4 nitrogen and oxygen atoms in total. The Bertz CT molecular complexity index is 1410. The predicted molar refractivity (Wildman–Crippen MR) is 95.3 cm³/mol. The monoisotopic (exact) mass is 309 g/mol. The van der Waals surface area contributed by atoms with Crippen LogP contribution in [0.4, 0.5) is 0 Å². The molecule has 0 fully saturated rings. The zero-order valence-corrected chi connectivity index (χ0v) is 12.6. The first kappa shape index (κ1) is 12.1. The highest BCUT2D eigenvalue weighted by molar-refractivity contribution is 6.17. The third-order valence-electron chi connectivity index (χ3n) is 4.71. The summed E-state index contributed by atoms with van der Waals surface area (Å²) in [5, 5.41) is 4.53. The van der Waals surface area contributed by atoms with E-state index in [0.717, 1.165) is 49.4 Å². The fraction of sp³-hybridized carbons (Fsp3) is 0. The maximum absolute atomic E-state index is 6.05. The molecule has 0 radical (unpaired) electrons. The van der Waals surface area contributed by atoms with Crippen LogP contribution >= 0.6 is 0 Å². The van der Waals surface area contributed by atoms with Crippen molar-refractivity contribution in [2.45, 2.75) is 0 Å². The molecule has 0 aliphatic carbocycles. The SMILES string of the molecule is c1ccc2c(c1)oc1cc3c(cc12)c1cccnc1c1nccn31. The van der Waals surface area contributed by atoms with Crippen molar-refractivity contribution >= 4 is 49.4 Å². The second-order valence-electron chi connectivity index (χ2n) is 5.98. The Labute approximate surface area is 136 Å². The molecule has 0 N–H and O–H groups in total. The molecule has 4 aromatic heterocycles. The van der Waals surface area contributed by atoms with Gasteiger partial charge in [0.1, 0.15) is 16.7 Å². The maximum Gasteiger partial charge on any atom is 0.163 e. The molecule has 0 aliphatic rings. The summed E-state index contributed by atoms with van der Waals surface area (Å²) >= 11 is 0. The van der Waals surface area contributed by atoms with E-state index in [1.165, 1.54) is 0 Å². The van der Waals surface area contributed by atoms with E-state index < -0.39 is 0 Å². The molecule has 0 bridgehead atoms. The summed E-state index contributed by atoms with van der Waals surface area (Å²) in [5.74, 6) is 0. The van der Waals surface area contributed by atoms with Crippen molar-refractivity contribution in [2.75, 3.05) is 0 Å². The number of hydrogen-bond acceptors (Lipinski definition) is 3. The van der Waals surface area contributed by atoms with Crippen molar-refractivity contribution in [3.63, 3.8) is 0 Å². The van der Waals surface area contributed by atoms with Crippen LogP contribution in [0.2, 0.25) is 0 Å². The Morgan fingerprint density at radius 1 is 0.750 bits per heavy atom. The highest BCUT2D eigenvalue weighted by atomic mass is 16.3. The van der Waals surface area contributed by atoms with E-state index in [4.69, 9.17) is 4.42 Å². The van der Waals surface area contributed by atoms with Gasteiger partial charge in [0.15, 0.2) is 5.65 Å². The Balaban J connectivity index is 1.97. The number of fused-ring (bicyclic) bond motifs is 9. The average Bonchev–Trinajstić information content (AvgIpc) is 3.25.